The van der Waals surface area contributed by atoms with Crippen LogP contribution < -0.4 is 0 Å². The topological polar surface area (TPSA) is 54.7 Å². The molecule has 1 atom stereocenters. The zero-order valence-electron chi connectivity index (χ0n) is 10.0. The predicted molar refractivity (Wildman–Crippen MR) is 63.2 cm³/mol. The summed E-state index contributed by atoms with van der Waals surface area (Å²) in [6, 6.07) is 2.35. The van der Waals surface area contributed by atoms with E-state index in [1.807, 2.05) is 33.8 Å². The Kier molecular flexibility index (Phi) is 9.15. The van der Waals surface area contributed by atoms with Gasteiger partial charge in [0.25, 0.3) is 0 Å². The molecular weight excluding hydrogens is 251 g/mol. The van der Waals surface area contributed by atoms with Gasteiger partial charge < -0.3 is 4.52 Å². The third-order valence-electron chi connectivity index (χ3n) is 1.65. The highest BCUT2D eigenvalue weighted by Gasteiger charge is 2.22. The van der Waals surface area contributed by atoms with Gasteiger partial charge in [0.05, 0.1) is 31.0 Å². The summed E-state index contributed by atoms with van der Waals surface area (Å²) in [4.78, 5) is 0. The maximum Gasteiger partial charge on any atom is 0.368 e. The largest absolute Gasteiger partial charge is 0.368 e. The van der Waals surface area contributed by atoms with Crippen molar-refractivity contribution in [3.63, 3.8) is 0 Å². The van der Waals surface area contributed by atoms with Crippen molar-refractivity contribution in [3.8, 4) is 6.07 Å². The summed E-state index contributed by atoms with van der Waals surface area (Å²) in [5.74, 6) is 0. The van der Waals surface area contributed by atoms with Crippen LogP contribution in [0, 0.1) is 11.3 Å². The standard InChI is InChI=1S/C9H18ClN2O3P/c1-8(2)12(9(3)4)15-16(14-10)13-7-5-6-11/h8-9H,5,7H2,1-4H3. The molecule has 0 amide bonds. The minimum absolute atomic E-state index is 0.191. The first-order valence-electron chi connectivity index (χ1n) is 5.08. The molecule has 0 heterocycles. The maximum atomic E-state index is 8.36. The van der Waals surface area contributed by atoms with Crippen LogP contribution in [-0.4, -0.2) is 23.8 Å². The monoisotopic (exact) mass is 268 g/mol. The van der Waals surface area contributed by atoms with Crippen LogP contribution in [0.5, 0.6) is 0 Å². The Labute approximate surface area is 103 Å². The average molecular weight is 269 g/mol. The predicted octanol–water partition coefficient (Wildman–Crippen LogP) is 3.36. The highest BCUT2D eigenvalue weighted by atomic mass is 35.5. The van der Waals surface area contributed by atoms with Crippen molar-refractivity contribution in [2.45, 2.75) is 46.2 Å². The Morgan fingerprint density at radius 1 is 1.31 bits per heavy atom. The van der Waals surface area contributed by atoms with Crippen LogP contribution in [0.1, 0.15) is 34.1 Å². The molecule has 0 aliphatic rings. The van der Waals surface area contributed by atoms with Gasteiger partial charge in [-0.1, -0.05) is 0 Å². The first-order chi connectivity index (χ1) is 7.52. The smallest absolute Gasteiger partial charge is 0.309 e. The second kappa shape index (κ2) is 9.12. The van der Waals surface area contributed by atoms with E-state index in [0.717, 1.165) is 0 Å². The number of hydroxylamine groups is 2. The van der Waals surface area contributed by atoms with Crippen molar-refractivity contribution in [1.29, 1.82) is 5.26 Å². The zero-order chi connectivity index (χ0) is 12.6. The van der Waals surface area contributed by atoms with Gasteiger partial charge >= 0.3 is 8.60 Å². The summed E-state index contributed by atoms with van der Waals surface area (Å²) in [6.07, 6.45) is 0.284. The molecule has 0 saturated carbocycles. The number of halogens is 1. The molecule has 0 fully saturated rings. The molecule has 0 N–H and O–H groups in total. The van der Waals surface area contributed by atoms with Gasteiger partial charge in [0.1, 0.15) is 0 Å². The molecule has 0 aliphatic carbocycles. The van der Waals surface area contributed by atoms with E-state index >= 15 is 0 Å². The molecule has 0 saturated heterocycles. The molecule has 0 aromatic heterocycles. The Morgan fingerprint density at radius 2 is 1.88 bits per heavy atom. The summed E-state index contributed by atoms with van der Waals surface area (Å²) in [5.41, 5.74) is 0. The summed E-state index contributed by atoms with van der Waals surface area (Å²) in [7, 11) is -1.63. The van der Waals surface area contributed by atoms with Gasteiger partial charge in [0.2, 0.25) is 0 Å². The highest BCUT2D eigenvalue weighted by molar-refractivity contribution is 7.42. The molecule has 94 valence electrons. The Morgan fingerprint density at radius 3 is 2.25 bits per heavy atom. The number of hydrogen-bond donors (Lipinski definition) is 0. The number of nitrogens with zero attached hydrogens (tertiary/aromatic N) is 2. The van der Waals surface area contributed by atoms with E-state index in [0.29, 0.717) is 0 Å². The van der Waals surface area contributed by atoms with Crippen LogP contribution >= 0.6 is 20.5 Å². The molecule has 5 nitrogen and oxygen atoms in total. The second-order valence-corrected chi connectivity index (χ2v) is 5.08. The molecule has 0 aliphatic heterocycles. The van der Waals surface area contributed by atoms with Gasteiger partial charge in [0.15, 0.2) is 0 Å². The number of hydrogen-bond acceptors (Lipinski definition) is 5. The van der Waals surface area contributed by atoms with Crippen molar-refractivity contribution < 1.29 is 13.2 Å². The lowest BCUT2D eigenvalue weighted by Crippen LogP contribution is -2.35. The second-order valence-electron chi connectivity index (χ2n) is 3.66. The van der Waals surface area contributed by atoms with Crippen LogP contribution in [0.2, 0.25) is 0 Å². The summed E-state index contributed by atoms with van der Waals surface area (Å²) < 4.78 is 15.2. The normalized spacial score (nSPS) is 13.4. The third kappa shape index (κ3) is 6.59. The van der Waals surface area contributed by atoms with E-state index in [1.54, 1.807) is 5.06 Å². The highest BCUT2D eigenvalue weighted by Crippen LogP contribution is 2.43. The molecule has 16 heavy (non-hydrogen) atoms. The van der Waals surface area contributed by atoms with Gasteiger partial charge in [0, 0.05) is 12.1 Å². The minimum Gasteiger partial charge on any atom is -0.309 e. The van der Waals surface area contributed by atoms with Crippen LogP contribution in [0.4, 0.5) is 0 Å². The van der Waals surface area contributed by atoms with E-state index in [2.05, 4.69) is 4.08 Å². The van der Waals surface area contributed by atoms with Gasteiger partial charge in [-0.2, -0.15) is 14.4 Å². The van der Waals surface area contributed by atoms with E-state index in [9.17, 15) is 0 Å². The molecule has 0 spiro atoms. The van der Waals surface area contributed by atoms with Crippen molar-refractivity contribution in [2.24, 2.45) is 0 Å². The fourth-order valence-electron chi connectivity index (χ4n) is 1.08. The molecule has 1 unspecified atom stereocenters. The Bertz CT molecular complexity index is 215. The van der Waals surface area contributed by atoms with Gasteiger partial charge in [-0.25, -0.2) is 4.62 Å². The van der Waals surface area contributed by atoms with E-state index in [1.165, 1.54) is 0 Å². The third-order valence-corrected chi connectivity index (χ3v) is 2.81. The maximum absolute atomic E-state index is 8.36. The zero-order valence-corrected chi connectivity index (χ0v) is 11.7. The summed E-state index contributed by atoms with van der Waals surface area (Å²) in [5, 5.41) is 10.1. The molecule has 0 aromatic rings. The molecular formula is C9H18ClN2O3P. The molecule has 0 radical (unpaired) electrons. The molecule has 7 heteroatoms. The lowest BCUT2D eigenvalue weighted by molar-refractivity contribution is -0.119. The molecule has 0 bridgehead atoms. The van der Waals surface area contributed by atoms with Crippen molar-refractivity contribution in [1.82, 2.24) is 5.06 Å². The van der Waals surface area contributed by atoms with E-state index < -0.39 is 8.60 Å². The van der Waals surface area contributed by atoms with Crippen LogP contribution in [0.15, 0.2) is 0 Å². The van der Waals surface area contributed by atoms with Gasteiger partial charge in [-0.05, 0) is 27.7 Å². The van der Waals surface area contributed by atoms with E-state index in [4.69, 9.17) is 26.3 Å². The summed E-state index contributed by atoms with van der Waals surface area (Å²) >= 11 is 5.27. The fraction of sp³-hybridized carbons (Fsp3) is 0.889. The molecule has 0 rings (SSSR count). The quantitative estimate of drug-likeness (QED) is 0.384. The Hall–Kier alpha value is 0.0500. The van der Waals surface area contributed by atoms with Crippen molar-refractivity contribution in [3.05, 3.63) is 0 Å². The number of rotatable bonds is 8. The SMILES string of the molecule is CC(C)N(OP(OCl)OCCC#N)C(C)C. The summed E-state index contributed by atoms with van der Waals surface area (Å²) in [6.45, 7) is 8.24. The minimum atomic E-state index is -1.63. The van der Waals surface area contributed by atoms with Crippen LogP contribution in [0.25, 0.3) is 0 Å². The first-order valence-corrected chi connectivity index (χ1v) is 6.48. The molecule has 0 aromatic carbocycles. The number of nitriles is 1. The average Bonchev–Trinajstić information content (AvgIpc) is 2.22. The fourth-order valence-corrected chi connectivity index (χ4v) is 2.16. The lowest BCUT2D eigenvalue weighted by Gasteiger charge is -2.30. The van der Waals surface area contributed by atoms with Crippen molar-refractivity contribution in [2.75, 3.05) is 6.61 Å². The van der Waals surface area contributed by atoms with Crippen LogP contribution in [-0.2, 0) is 13.2 Å². The van der Waals surface area contributed by atoms with Gasteiger partial charge in [-0.3, -0.25) is 0 Å². The van der Waals surface area contributed by atoms with Gasteiger partial charge in [-0.15, -0.1) is 0 Å². The van der Waals surface area contributed by atoms with Crippen molar-refractivity contribution >= 4 is 20.5 Å². The van der Waals surface area contributed by atoms with Crippen LogP contribution in [0.3, 0.4) is 0 Å². The first kappa shape index (κ1) is 16.1. The Balaban J connectivity index is 4.11. The lowest BCUT2D eigenvalue weighted by atomic mass is 10.3. The van der Waals surface area contributed by atoms with E-state index in [-0.39, 0.29) is 25.1 Å².